The van der Waals surface area contributed by atoms with Gasteiger partial charge >= 0.3 is 0 Å². The van der Waals surface area contributed by atoms with E-state index < -0.39 is 11.1 Å². The highest BCUT2D eigenvalue weighted by Crippen LogP contribution is 2.11. The summed E-state index contributed by atoms with van der Waals surface area (Å²) in [5.74, 6) is 0. The number of benzene rings is 1. The lowest BCUT2D eigenvalue weighted by molar-refractivity contribution is 0.445. The summed E-state index contributed by atoms with van der Waals surface area (Å²) >= 11 is -1.30. The van der Waals surface area contributed by atoms with E-state index >= 15 is 0 Å². The zero-order chi connectivity index (χ0) is 10.3. The van der Waals surface area contributed by atoms with Crippen LogP contribution in [0, 0.1) is 6.92 Å². The summed E-state index contributed by atoms with van der Waals surface area (Å²) in [6.45, 7) is 5.91. The van der Waals surface area contributed by atoms with E-state index in [2.05, 4.69) is 4.18 Å². The third-order valence-corrected chi connectivity index (χ3v) is 2.54. The summed E-state index contributed by atoms with van der Waals surface area (Å²) in [5, 5.41) is 0. The molecule has 1 atom stereocenters. The monoisotopic (exact) mass is 216 g/mol. The highest BCUT2D eigenvalue weighted by Gasteiger charge is 2.03. The largest absolute Gasteiger partial charge is 0.290 e. The first-order valence-corrected chi connectivity index (χ1v) is 5.35. The Hall–Kier alpha value is -0.670. The maximum atomic E-state index is 11.1. The molecule has 0 aliphatic carbocycles. The van der Waals surface area contributed by atoms with Gasteiger partial charge in [0.05, 0.1) is 12.0 Å². The Balaban J connectivity index is 0. The fraction of sp³-hybridized carbons (Fsp3) is 0.455. The lowest BCUT2D eigenvalue weighted by Crippen LogP contribution is -1.95. The van der Waals surface area contributed by atoms with Gasteiger partial charge in [-0.3, -0.25) is 4.18 Å². The fourth-order valence-electron chi connectivity index (χ4n) is 0.833. The molecule has 0 radical (unpaired) electrons. The van der Waals surface area contributed by atoms with Crippen molar-refractivity contribution in [2.45, 2.75) is 33.1 Å². The highest BCUT2D eigenvalue weighted by molar-refractivity contribution is 7.80. The van der Waals surface area contributed by atoms with Crippen molar-refractivity contribution in [2.75, 3.05) is 7.11 Å². The average molecular weight is 216 g/mol. The molecule has 0 aliphatic heterocycles. The Labute approximate surface area is 90.0 Å². The third-order valence-electron chi connectivity index (χ3n) is 1.42. The normalized spacial score (nSPS) is 10.6. The van der Waals surface area contributed by atoms with Crippen molar-refractivity contribution < 1.29 is 8.39 Å². The Bertz CT molecular complexity index is 272. The molecule has 0 aromatic heterocycles. The van der Waals surface area contributed by atoms with E-state index in [-0.39, 0.29) is 7.43 Å². The molecular formula is C11H20O2S. The molecule has 0 fully saturated rings. The van der Waals surface area contributed by atoms with Crippen LogP contribution in [-0.2, 0) is 15.3 Å². The molecule has 0 saturated carbocycles. The molecule has 0 amide bonds. The van der Waals surface area contributed by atoms with E-state index in [0.29, 0.717) is 0 Å². The topological polar surface area (TPSA) is 26.3 Å². The van der Waals surface area contributed by atoms with Crippen LogP contribution in [0.2, 0.25) is 0 Å². The van der Waals surface area contributed by atoms with Crippen molar-refractivity contribution in [1.29, 1.82) is 0 Å². The van der Waals surface area contributed by atoms with Crippen molar-refractivity contribution in [2.24, 2.45) is 0 Å². The molecule has 3 heteroatoms. The van der Waals surface area contributed by atoms with E-state index in [0.717, 1.165) is 10.5 Å². The van der Waals surface area contributed by atoms with Crippen molar-refractivity contribution in [3.8, 4) is 0 Å². The summed E-state index contributed by atoms with van der Waals surface area (Å²) in [6, 6.07) is 7.46. The van der Waals surface area contributed by atoms with Crippen molar-refractivity contribution in [3.63, 3.8) is 0 Å². The zero-order valence-electron chi connectivity index (χ0n) is 8.53. The van der Waals surface area contributed by atoms with E-state index in [1.165, 1.54) is 7.11 Å². The smallest absolute Gasteiger partial charge is 0.189 e. The van der Waals surface area contributed by atoms with Crippen molar-refractivity contribution in [1.82, 2.24) is 0 Å². The summed E-state index contributed by atoms with van der Waals surface area (Å²) < 4.78 is 15.8. The molecule has 0 N–H and O–H groups in total. The molecule has 0 heterocycles. The second-order valence-corrected chi connectivity index (χ2v) is 3.41. The van der Waals surface area contributed by atoms with Crippen LogP contribution in [0.25, 0.3) is 0 Å². The van der Waals surface area contributed by atoms with Gasteiger partial charge in [0.25, 0.3) is 0 Å². The van der Waals surface area contributed by atoms with Crippen molar-refractivity contribution in [3.05, 3.63) is 29.8 Å². The van der Waals surface area contributed by atoms with Gasteiger partial charge < -0.3 is 0 Å². The quantitative estimate of drug-likeness (QED) is 0.758. The van der Waals surface area contributed by atoms with Gasteiger partial charge in [0.15, 0.2) is 11.1 Å². The molecule has 2 nitrogen and oxygen atoms in total. The van der Waals surface area contributed by atoms with E-state index in [9.17, 15) is 4.21 Å². The summed E-state index contributed by atoms with van der Waals surface area (Å²) in [6.07, 6.45) is 0. The third kappa shape index (κ3) is 4.53. The standard InChI is InChI=1S/C8H10O2S.C2H6.CH4/c1-7-5-3-4-6-8(7)11(9)10-2;1-2;/h3-6H,1-2H3;1-2H3;1H4. The number of aryl methyl sites for hydroxylation is 1. The first-order chi connectivity index (χ1) is 6.25. The molecule has 1 rings (SSSR count). The summed E-state index contributed by atoms with van der Waals surface area (Å²) in [7, 11) is 1.43. The van der Waals surface area contributed by atoms with Gasteiger partial charge in [0, 0.05) is 0 Å². The van der Waals surface area contributed by atoms with Gasteiger partial charge in [-0.05, 0) is 18.6 Å². The fourth-order valence-corrected chi connectivity index (χ4v) is 1.53. The van der Waals surface area contributed by atoms with Crippen LogP contribution >= 0.6 is 0 Å². The van der Waals surface area contributed by atoms with Crippen LogP contribution in [0.3, 0.4) is 0 Å². The molecule has 1 unspecified atom stereocenters. The molecular weight excluding hydrogens is 196 g/mol. The second-order valence-electron chi connectivity index (χ2n) is 2.17. The molecule has 82 valence electrons. The van der Waals surface area contributed by atoms with E-state index in [4.69, 9.17) is 0 Å². The molecule has 1 aromatic rings. The minimum absolute atomic E-state index is 0. The molecule has 0 aliphatic rings. The number of rotatable bonds is 2. The van der Waals surface area contributed by atoms with Crippen LogP contribution in [0.5, 0.6) is 0 Å². The molecule has 0 spiro atoms. The summed E-state index contributed by atoms with van der Waals surface area (Å²) in [5.41, 5.74) is 0.993. The number of hydrogen-bond donors (Lipinski definition) is 0. The van der Waals surface area contributed by atoms with Crippen molar-refractivity contribution >= 4 is 11.1 Å². The van der Waals surface area contributed by atoms with Crippen LogP contribution < -0.4 is 0 Å². The van der Waals surface area contributed by atoms with Gasteiger partial charge in [-0.2, -0.15) is 0 Å². The zero-order valence-corrected chi connectivity index (χ0v) is 9.35. The van der Waals surface area contributed by atoms with Gasteiger partial charge in [-0.15, -0.1) is 0 Å². The van der Waals surface area contributed by atoms with Crippen LogP contribution in [0.15, 0.2) is 29.2 Å². The van der Waals surface area contributed by atoms with Gasteiger partial charge in [0.2, 0.25) is 0 Å². The van der Waals surface area contributed by atoms with Gasteiger partial charge in [-0.1, -0.05) is 39.5 Å². The molecule has 0 bridgehead atoms. The molecule has 1 aromatic carbocycles. The lowest BCUT2D eigenvalue weighted by Gasteiger charge is -2.01. The lowest BCUT2D eigenvalue weighted by atomic mass is 10.2. The van der Waals surface area contributed by atoms with Crippen LogP contribution in [0.4, 0.5) is 0 Å². The maximum absolute atomic E-state index is 11.1. The molecule has 14 heavy (non-hydrogen) atoms. The second kappa shape index (κ2) is 8.91. The van der Waals surface area contributed by atoms with E-state index in [1.807, 2.05) is 39.0 Å². The maximum Gasteiger partial charge on any atom is 0.189 e. The summed E-state index contributed by atoms with van der Waals surface area (Å²) in [4.78, 5) is 0.745. The highest BCUT2D eigenvalue weighted by atomic mass is 32.2. The SMILES string of the molecule is C.CC.COS(=O)c1ccccc1C. The first-order valence-electron chi connectivity index (χ1n) is 4.27. The predicted molar refractivity (Wildman–Crippen MR) is 62.7 cm³/mol. The van der Waals surface area contributed by atoms with Gasteiger partial charge in [0.1, 0.15) is 0 Å². The Morgan fingerprint density at radius 3 is 2.14 bits per heavy atom. The van der Waals surface area contributed by atoms with Crippen LogP contribution in [0.1, 0.15) is 26.8 Å². The molecule has 0 saturated heterocycles. The Kier molecular flexibility index (Phi) is 10.0. The predicted octanol–water partition coefficient (Wildman–Crippen LogP) is 3.33. The van der Waals surface area contributed by atoms with E-state index in [1.54, 1.807) is 6.07 Å². The Morgan fingerprint density at radius 1 is 1.21 bits per heavy atom. The first kappa shape index (κ1) is 15.8. The minimum Gasteiger partial charge on any atom is -0.290 e. The van der Waals surface area contributed by atoms with Gasteiger partial charge in [-0.25, -0.2) is 4.21 Å². The number of hydrogen-bond acceptors (Lipinski definition) is 2. The average Bonchev–Trinajstić information content (AvgIpc) is 2.20. The van der Waals surface area contributed by atoms with Crippen LogP contribution in [-0.4, -0.2) is 11.3 Å². The minimum atomic E-state index is -1.30. The Morgan fingerprint density at radius 2 is 1.71 bits per heavy atom.